The average molecular weight is 269 g/mol. The summed E-state index contributed by atoms with van der Waals surface area (Å²) >= 11 is 0. The summed E-state index contributed by atoms with van der Waals surface area (Å²) in [5.74, 6) is 0.331. The standard InChI is InChI=1S/C18H23NO/c1-15(14-17-9-11-18(20)12-10-17)19-13-5-8-16-6-3-2-4-7-16/h2-4,6-7,9-12,15,19-20H,5,8,13-14H2,1H3/t15-/m1/s1. The predicted octanol–water partition coefficient (Wildman–Crippen LogP) is 3.55. The minimum absolute atomic E-state index is 0.331. The van der Waals surface area contributed by atoms with Crippen molar-refractivity contribution in [1.82, 2.24) is 5.32 Å². The van der Waals surface area contributed by atoms with Crippen molar-refractivity contribution in [2.24, 2.45) is 0 Å². The van der Waals surface area contributed by atoms with E-state index >= 15 is 0 Å². The summed E-state index contributed by atoms with van der Waals surface area (Å²) in [4.78, 5) is 0. The minimum atomic E-state index is 0.331. The topological polar surface area (TPSA) is 32.3 Å². The van der Waals surface area contributed by atoms with Crippen molar-refractivity contribution in [1.29, 1.82) is 0 Å². The molecule has 0 spiro atoms. The van der Waals surface area contributed by atoms with Crippen molar-refractivity contribution in [2.75, 3.05) is 6.54 Å². The lowest BCUT2D eigenvalue weighted by Gasteiger charge is -2.14. The molecule has 0 fully saturated rings. The summed E-state index contributed by atoms with van der Waals surface area (Å²) in [5, 5.41) is 12.8. The van der Waals surface area contributed by atoms with E-state index < -0.39 is 0 Å². The highest BCUT2D eigenvalue weighted by atomic mass is 16.3. The molecule has 2 nitrogen and oxygen atoms in total. The molecule has 2 heteroatoms. The lowest BCUT2D eigenvalue weighted by Crippen LogP contribution is -2.29. The molecule has 0 aliphatic heterocycles. The molecular weight excluding hydrogens is 246 g/mol. The van der Waals surface area contributed by atoms with Crippen LogP contribution in [0.1, 0.15) is 24.5 Å². The molecule has 0 saturated heterocycles. The molecule has 0 unspecified atom stereocenters. The van der Waals surface area contributed by atoms with Crippen LogP contribution in [0.3, 0.4) is 0 Å². The van der Waals surface area contributed by atoms with Crippen molar-refractivity contribution in [3.8, 4) is 5.75 Å². The molecule has 0 aliphatic rings. The van der Waals surface area contributed by atoms with Crippen LogP contribution in [0.15, 0.2) is 54.6 Å². The van der Waals surface area contributed by atoms with E-state index in [4.69, 9.17) is 0 Å². The lowest BCUT2D eigenvalue weighted by atomic mass is 10.1. The maximum Gasteiger partial charge on any atom is 0.115 e. The molecule has 1 atom stereocenters. The van der Waals surface area contributed by atoms with Gasteiger partial charge in [0.25, 0.3) is 0 Å². The Kier molecular flexibility index (Phi) is 5.63. The molecule has 0 bridgehead atoms. The van der Waals surface area contributed by atoms with Crippen molar-refractivity contribution in [3.05, 3.63) is 65.7 Å². The van der Waals surface area contributed by atoms with E-state index in [1.165, 1.54) is 11.1 Å². The van der Waals surface area contributed by atoms with Gasteiger partial charge in [0.2, 0.25) is 0 Å². The zero-order valence-electron chi connectivity index (χ0n) is 12.0. The quantitative estimate of drug-likeness (QED) is 0.753. The van der Waals surface area contributed by atoms with E-state index in [1.54, 1.807) is 12.1 Å². The first-order chi connectivity index (χ1) is 9.74. The van der Waals surface area contributed by atoms with Gasteiger partial charge in [-0.05, 0) is 56.0 Å². The van der Waals surface area contributed by atoms with Crippen molar-refractivity contribution < 1.29 is 5.11 Å². The van der Waals surface area contributed by atoms with Gasteiger partial charge in [-0.3, -0.25) is 0 Å². The van der Waals surface area contributed by atoms with Gasteiger partial charge in [-0.15, -0.1) is 0 Å². The second-order valence-electron chi connectivity index (χ2n) is 5.31. The number of phenolic OH excluding ortho intramolecular Hbond substituents is 1. The van der Waals surface area contributed by atoms with Gasteiger partial charge in [0.15, 0.2) is 0 Å². The molecule has 0 aromatic heterocycles. The number of nitrogens with one attached hydrogen (secondary N) is 1. The van der Waals surface area contributed by atoms with Crippen molar-refractivity contribution in [3.63, 3.8) is 0 Å². The fraction of sp³-hybridized carbons (Fsp3) is 0.333. The summed E-state index contributed by atoms with van der Waals surface area (Å²) in [6.07, 6.45) is 3.27. The Hall–Kier alpha value is -1.80. The van der Waals surface area contributed by atoms with E-state index in [9.17, 15) is 5.11 Å². The van der Waals surface area contributed by atoms with E-state index in [0.29, 0.717) is 11.8 Å². The summed E-state index contributed by atoms with van der Waals surface area (Å²) in [6.45, 7) is 3.24. The van der Waals surface area contributed by atoms with Gasteiger partial charge in [0.05, 0.1) is 0 Å². The molecule has 0 radical (unpaired) electrons. The summed E-state index contributed by atoms with van der Waals surface area (Å²) in [7, 11) is 0. The maximum absolute atomic E-state index is 9.26. The molecular formula is C18H23NO. The molecule has 20 heavy (non-hydrogen) atoms. The third kappa shape index (κ3) is 5.06. The van der Waals surface area contributed by atoms with Crippen LogP contribution in [0.25, 0.3) is 0 Å². The Bertz CT molecular complexity index is 493. The molecule has 2 N–H and O–H groups in total. The van der Waals surface area contributed by atoms with E-state index in [0.717, 1.165) is 25.8 Å². The predicted molar refractivity (Wildman–Crippen MR) is 84.0 cm³/mol. The molecule has 0 heterocycles. The highest BCUT2D eigenvalue weighted by molar-refractivity contribution is 5.26. The van der Waals surface area contributed by atoms with Gasteiger partial charge >= 0.3 is 0 Å². The molecule has 0 amide bonds. The summed E-state index contributed by atoms with van der Waals surface area (Å²) < 4.78 is 0. The summed E-state index contributed by atoms with van der Waals surface area (Å²) in [5.41, 5.74) is 2.66. The second-order valence-corrected chi connectivity index (χ2v) is 5.31. The van der Waals surface area contributed by atoms with Gasteiger partial charge < -0.3 is 10.4 Å². The number of aryl methyl sites for hydroxylation is 1. The van der Waals surface area contributed by atoms with Crippen LogP contribution < -0.4 is 5.32 Å². The van der Waals surface area contributed by atoms with Crippen LogP contribution in [0.2, 0.25) is 0 Å². The first-order valence-electron chi connectivity index (χ1n) is 7.29. The Balaban J connectivity index is 1.65. The fourth-order valence-corrected chi connectivity index (χ4v) is 2.34. The number of benzene rings is 2. The first-order valence-corrected chi connectivity index (χ1v) is 7.29. The molecule has 2 aromatic rings. The Morgan fingerprint density at radius 1 is 0.950 bits per heavy atom. The fourth-order valence-electron chi connectivity index (χ4n) is 2.34. The highest BCUT2D eigenvalue weighted by Crippen LogP contribution is 2.11. The first kappa shape index (κ1) is 14.6. The van der Waals surface area contributed by atoms with Crippen LogP contribution >= 0.6 is 0 Å². The lowest BCUT2D eigenvalue weighted by molar-refractivity contribution is 0.474. The largest absolute Gasteiger partial charge is 0.508 e. The zero-order valence-corrected chi connectivity index (χ0v) is 12.0. The van der Waals surface area contributed by atoms with Gasteiger partial charge in [-0.25, -0.2) is 0 Å². The van der Waals surface area contributed by atoms with Crippen LogP contribution in [-0.2, 0) is 12.8 Å². The monoisotopic (exact) mass is 269 g/mol. The van der Waals surface area contributed by atoms with Crippen molar-refractivity contribution >= 4 is 0 Å². The second kappa shape index (κ2) is 7.71. The molecule has 2 aromatic carbocycles. The SMILES string of the molecule is C[C@H](Cc1ccc(O)cc1)NCCCc1ccccc1. The number of phenols is 1. The van der Waals surface area contributed by atoms with Crippen LogP contribution in [0.4, 0.5) is 0 Å². The molecule has 0 saturated carbocycles. The van der Waals surface area contributed by atoms with Crippen LogP contribution in [-0.4, -0.2) is 17.7 Å². The van der Waals surface area contributed by atoms with E-state index in [2.05, 4.69) is 42.6 Å². The summed E-state index contributed by atoms with van der Waals surface area (Å²) in [6, 6.07) is 18.5. The van der Waals surface area contributed by atoms with Crippen LogP contribution in [0.5, 0.6) is 5.75 Å². The van der Waals surface area contributed by atoms with Gasteiger partial charge in [-0.1, -0.05) is 42.5 Å². The van der Waals surface area contributed by atoms with E-state index in [1.807, 2.05) is 12.1 Å². The Morgan fingerprint density at radius 3 is 2.35 bits per heavy atom. The average Bonchev–Trinajstić information content (AvgIpc) is 2.47. The Labute approximate surface area is 121 Å². The Morgan fingerprint density at radius 2 is 1.65 bits per heavy atom. The zero-order chi connectivity index (χ0) is 14.2. The molecule has 106 valence electrons. The van der Waals surface area contributed by atoms with Crippen LogP contribution in [0, 0.1) is 0 Å². The number of aromatic hydroxyl groups is 1. The maximum atomic E-state index is 9.26. The number of hydrogen-bond acceptors (Lipinski definition) is 2. The third-order valence-corrected chi connectivity index (χ3v) is 3.46. The molecule has 0 aliphatic carbocycles. The third-order valence-electron chi connectivity index (χ3n) is 3.46. The molecule has 2 rings (SSSR count). The smallest absolute Gasteiger partial charge is 0.115 e. The number of hydrogen-bond donors (Lipinski definition) is 2. The van der Waals surface area contributed by atoms with Gasteiger partial charge in [-0.2, -0.15) is 0 Å². The van der Waals surface area contributed by atoms with Gasteiger partial charge in [0, 0.05) is 6.04 Å². The highest BCUT2D eigenvalue weighted by Gasteiger charge is 2.03. The minimum Gasteiger partial charge on any atom is -0.508 e. The van der Waals surface area contributed by atoms with Crippen molar-refractivity contribution in [2.45, 2.75) is 32.2 Å². The van der Waals surface area contributed by atoms with Gasteiger partial charge in [0.1, 0.15) is 5.75 Å². The van der Waals surface area contributed by atoms with E-state index in [-0.39, 0.29) is 0 Å². The normalized spacial score (nSPS) is 12.2. The number of rotatable bonds is 7.